The van der Waals surface area contributed by atoms with Crippen molar-refractivity contribution in [2.45, 2.75) is 12.5 Å². The van der Waals surface area contributed by atoms with Crippen LogP contribution in [0.3, 0.4) is 0 Å². The van der Waals surface area contributed by atoms with E-state index in [1.807, 2.05) is 6.07 Å². The van der Waals surface area contributed by atoms with Gasteiger partial charge in [-0.15, -0.1) is 0 Å². The third-order valence-electron chi connectivity index (χ3n) is 3.08. The van der Waals surface area contributed by atoms with E-state index in [-0.39, 0.29) is 6.04 Å². The molecular weight excluding hydrogens is 271 g/mol. The molecule has 1 aromatic rings. The second-order valence-corrected chi connectivity index (χ2v) is 4.92. The zero-order valence-corrected chi connectivity index (χ0v) is 11.4. The molecule has 1 N–H and O–H groups in total. The fourth-order valence-electron chi connectivity index (χ4n) is 2.19. The molecule has 1 saturated heterocycles. The molecule has 1 aliphatic heterocycles. The van der Waals surface area contributed by atoms with Crippen molar-refractivity contribution in [3.05, 3.63) is 28.0 Å². The molecule has 0 radical (unpaired) electrons. The number of nitrogens with zero attached hydrogens (tertiary/aromatic N) is 3. The Morgan fingerprint density at radius 3 is 2.72 bits per heavy atom. The topological polar surface area (TPSA) is 52.0 Å². The third kappa shape index (κ3) is 3.12. The number of piperazine rings is 1. The van der Waals surface area contributed by atoms with Gasteiger partial charge in [-0.2, -0.15) is 5.26 Å². The zero-order valence-electron chi connectivity index (χ0n) is 9.87. The first-order valence-corrected chi connectivity index (χ1v) is 6.61. The first-order valence-electron chi connectivity index (χ1n) is 5.86. The fraction of sp³-hybridized carbons (Fsp3) is 0.500. The van der Waals surface area contributed by atoms with Gasteiger partial charge in [-0.25, -0.2) is 4.98 Å². The molecule has 1 aliphatic rings. The first kappa shape index (κ1) is 13.6. The largest absolute Gasteiger partial charge is 0.314 e. The molecule has 1 atom stereocenters. The van der Waals surface area contributed by atoms with Crippen molar-refractivity contribution in [2.75, 3.05) is 26.2 Å². The highest BCUT2D eigenvalue weighted by Gasteiger charge is 2.24. The lowest BCUT2D eigenvalue weighted by Crippen LogP contribution is -2.45. The summed E-state index contributed by atoms with van der Waals surface area (Å²) in [6, 6.07) is 5.80. The molecule has 0 unspecified atom stereocenters. The maximum atomic E-state index is 8.99. The Morgan fingerprint density at radius 2 is 2.11 bits per heavy atom. The molecule has 96 valence electrons. The van der Waals surface area contributed by atoms with Crippen LogP contribution in [0.2, 0.25) is 10.3 Å². The van der Waals surface area contributed by atoms with Gasteiger partial charge in [0.1, 0.15) is 10.3 Å². The van der Waals surface area contributed by atoms with E-state index < -0.39 is 0 Å². The summed E-state index contributed by atoms with van der Waals surface area (Å²) in [6.45, 7) is 3.68. The molecule has 0 aromatic carbocycles. The van der Waals surface area contributed by atoms with Crippen molar-refractivity contribution >= 4 is 23.2 Å². The first-order chi connectivity index (χ1) is 8.72. The van der Waals surface area contributed by atoms with Gasteiger partial charge in [0.2, 0.25) is 0 Å². The highest BCUT2D eigenvalue weighted by molar-refractivity contribution is 6.32. The Morgan fingerprint density at radius 1 is 1.39 bits per heavy atom. The zero-order chi connectivity index (χ0) is 13.0. The second kappa shape index (κ2) is 6.35. The summed E-state index contributed by atoms with van der Waals surface area (Å²) >= 11 is 11.9. The van der Waals surface area contributed by atoms with Crippen LogP contribution in [-0.4, -0.2) is 36.1 Å². The van der Waals surface area contributed by atoms with Gasteiger partial charge in [0.15, 0.2) is 0 Å². The number of pyridine rings is 1. The van der Waals surface area contributed by atoms with Crippen molar-refractivity contribution in [1.82, 2.24) is 15.2 Å². The van der Waals surface area contributed by atoms with Gasteiger partial charge < -0.3 is 5.32 Å². The number of nitrogens with one attached hydrogen (secondary N) is 1. The van der Waals surface area contributed by atoms with Gasteiger partial charge >= 0.3 is 0 Å². The molecule has 2 rings (SSSR count). The van der Waals surface area contributed by atoms with Gasteiger partial charge in [0.25, 0.3) is 0 Å². The molecule has 18 heavy (non-hydrogen) atoms. The van der Waals surface area contributed by atoms with Crippen LogP contribution >= 0.6 is 23.2 Å². The number of nitriles is 1. The summed E-state index contributed by atoms with van der Waals surface area (Å²) in [5.74, 6) is 0. The van der Waals surface area contributed by atoms with Crippen LogP contribution in [-0.2, 0) is 0 Å². The van der Waals surface area contributed by atoms with E-state index in [1.54, 1.807) is 6.07 Å². The number of hydrogen-bond donors (Lipinski definition) is 1. The van der Waals surface area contributed by atoms with E-state index in [2.05, 4.69) is 21.3 Å². The molecule has 0 aliphatic carbocycles. The minimum atomic E-state index is -0.00522. The van der Waals surface area contributed by atoms with Crippen LogP contribution in [0, 0.1) is 11.3 Å². The number of rotatable bonds is 3. The smallest absolute Gasteiger partial charge is 0.135 e. The molecular formula is C12H14Cl2N4. The monoisotopic (exact) mass is 284 g/mol. The van der Waals surface area contributed by atoms with Crippen molar-refractivity contribution < 1.29 is 0 Å². The number of aromatic nitrogens is 1. The highest BCUT2D eigenvalue weighted by Crippen LogP contribution is 2.30. The summed E-state index contributed by atoms with van der Waals surface area (Å²) in [7, 11) is 0. The minimum Gasteiger partial charge on any atom is -0.314 e. The van der Waals surface area contributed by atoms with Crippen LogP contribution in [0.4, 0.5) is 0 Å². The Bertz CT molecular complexity index is 452. The quantitative estimate of drug-likeness (QED) is 0.865. The van der Waals surface area contributed by atoms with Crippen LogP contribution in [0.5, 0.6) is 0 Å². The summed E-state index contributed by atoms with van der Waals surface area (Å²) in [4.78, 5) is 6.31. The van der Waals surface area contributed by atoms with Crippen molar-refractivity contribution in [3.8, 4) is 6.07 Å². The Balaban J connectivity index is 2.25. The molecule has 0 spiro atoms. The molecule has 0 bridgehead atoms. The molecule has 0 saturated carbocycles. The van der Waals surface area contributed by atoms with Crippen molar-refractivity contribution in [3.63, 3.8) is 0 Å². The van der Waals surface area contributed by atoms with E-state index in [4.69, 9.17) is 28.5 Å². The van der Waals surface area contributed by atoms with E-state index in [0.29, 0.717) is 16.7 Å². The fourth-order valence-corrected chi connectivity index (χ4v) is 2.66. The van der Waals surface area contributed by atoms with Gasteiger partial charge in [0, 0.05) is 31.7 Å². The number of hydrogen-bond acceptors (Lipinski definition) is 4. The lowest BCUT2D eigenvalue weighted by Gasteiger charge is -2.34. The standard InChI is InChI=1S/C12H14Cl2N4/c13-11-2-1-9(12(14)17-11)10(3-4-15)18-7-5-16-6-8-18/h1-2,10,16H,3,5-8H2/t10-/m1/s1. The molecule has 6 heteroatoms. The SMILES string of the molecule is N#CC[C@H](c1ccc(Cl)nc1Cl)N1CCNCC1. The third-order valence-corrected chi connectivity index (χ3v) is 3.59. The van der Waals surface area contributed by atoms with Gasteiger partial charge in [-0.05, 0) is 6.07 Å². The van der Waals surface area contributed by atoms with Crippen molar-refractivity contribution in [1.29, 1.82) is 5.26 Å². The maximum Gasteiger partial charge on any atom is 0.135 e. The highest BCUT2D eigenvalue weighted by atomic mass is 35.5. The van der Waals surface area contributed by atoms with Crippen molar-refractivity contribution in [2.24, 2.45) is 0 Å². The predicted molar refractivity (Wildman–Crippen MR) is 71.7 cm³/mol. The Labute approximate surface area is 117 Å². The van der Waals surface area contributed by atoms with E-state index in [0.717, 1.165) is 31.7 Å². The lowest BCUT2D eigenvalue weighted by atomic mass is 10.0. The van der Waals surface area contributed by atoms with Gasteiger partial charge in [-0.1, -0.05) is 29.3 Å². The molecule has 1 aromatic heterocycles. The predicted octanol–water partition coefficient (Wildman–Crippen LogP) is 2.25. The van der Waals surface area contributed by atoms with Gasteiger partial charge in [-0.3, -0.25) is 4.90 Å². The minimum absolute atomic E-state index is 0.00522. The molecule has 1 fully saturated rings. The van der Waals surface area contributed by atoms with Crippen LogP contribution in [0.15, 0.2) is 12.1 Å². The van der Waals surface area contributed by atoms with Crippen LogP contribution in [0.25, 0.3) is 0 Å². The van der Waals surface area contributed by atoms with Crippen LogP contribution in [0.1, 0.15) is 18.0 Å². The second-order valence-electron chi connectivity index (χ2n) is 4.18. The average Bonchev–Trinajstić information content (AvgIpc) is 2.38. The van der Waals surface area contributed by atoms with Gasteiger partial charge in [0.05, 0.1) is 18.5 Å². The normalized spacial score (nSPS) is 18.3. The maximum absolute atomic E-state index is 8.99. The Kier molecular flexibility index (Phi) is 4.79. The molecule has 2 heterocycles. The summed E-state index contributed by atoms with van der Waals surface area (Å²) in [6.07, 6.45) is 0.406. The number of halogens is 2. The van der Waals surface area contributed by atoms with E-state index >= 15 is 0 Å². The average molecular weight is 285 g/mol. The van der Waals surface area contributed by atoms with E-state index in [9.17, 15) is 0 Å². The van der Waals surface area contributed by atoms with E-state index in [1.165, 1.54) is 0 Å². The summed E-state index contributed by atoms with van der Waals surface area (Å²) < 4.78 is 0. The molecule has 4 nitrogen and oxygen atoms in total. The summed E-state index contributed by atoms with van der Waals surface area (Å²) in [5.41, 5.74) is 0.879. The summed E-state index contributed by atoms with van der Waals surface area (Å²) in [5, 5.41) is 13.0. The van der Waals surface area contributed by atoms with Crippen LogP contribution < -0.4 is 5.32 Å². The molecule has 0 amide bonds. The Hall–Kier alpha value is -0.860. The lowest BCUT2D eigenvalue weighted by molar-refractivity contribution is 0.175.